The van der Waals surface area contributed by atoms with Crippen molar-refractivity contribution in [2.45, 2.75) is 104 Å². The van der Waals surface area contributed by atoms with Gasteiger partial charge in [-0.2, -0.15) is 0 Å². The Balaban J connectivity index is 1.18. The fourth-order valence-electron chi connectivity index (χ4n) is 8.27. The molecule has 1 heterocycles. The van der Waals surface area contributed by atoms with Crippen LogP contribution in [0.25, 0.3) is 0 Å². The second-order valence-electron chi connectivity index (χ2n) is 12.9. The van der Waals surface area contributed by atoms with Crippen LogP contribution in [-0.2, 0) is 11.2 Å². The minimum absolute atomic E-state index is 0.00217. The Kier molecular flexibility index (Phi) is 9.50. The number of aliphatic hydroxyl groups excluding tert-OH is 1. The van der Waals surface area contributed by atoms with Crippen LogP contribution in [0, 0.1) is 28.6 Å². The first-order chi connectivity index (χ1) is 17.7. The molecule has 0 spiro atoms. The number of allylic oxidation sites excluding steroid dienone is 2. The van der Waals surface area contributed by atoms with Crippen molar-refractivity contribution in [1.82, 2.24) is 15.6 Å². The summed E-state index contributed by atoms with van der Waals surface area (Å²) in [7, 11) is 0. The van der Waals surface area contributed by atoms with Gasteiger partial charge in [0.1, 0.15) is 0 Å². The number of aromatic nitrogens is 1. The monoisotopic (exact) mass is 509 g/mol. The molecule has 0 radical (unpaired) electrons. The van der Waals surface area contributed by atoms with E-state index < -0.39 is 0 Å². The number of nitrogens with one attached hydrogen (secondary N) is 2. The van der Waals surface area contributed by atoms with Gasteiger partial charge >= 0.3 is 0 Å². The highest BCUT2D eigenvalue weighted by atomic mass is 16.3. The van der Waals surface area contributed by atoms with Crippen LogP contribution in [0.1, 0.15) is 97.6 Å². The standard InChI is InChI=1S/C32H51N3O2/c1-23-11-14-27-26(12-15-28-31(2,3)29(36)17-18-32(27,28)4)25(23)13-16-30(37)35-22-8-20-33-19-7-10-24-9-5-6-21-34-24/h5-6,9,21,26-29,33,36H,7-8,10-20,22H2,1-4H3,(H,35,37)/t26-,27-,28-,29-,32+/m0/s1. The summed E-state index contributed by atoms with van der Waals surface area (Å²) in [6.45, 7) is 12.1. The predicted molar refractivity (Wildman–Crippen MR) is 151 cm³/mol. The van der Waals surface area contributed by atoms with Crippen LogP contribution in [0.15, 0.2) is 35.5 Å². The lowest BCUT2D eigenvalue weighted by Crippen LogP contribution is -2.56. The van der Waals surface area contributed by atoms with Crippen LogP contribution >= 0.6 is 0 Å². The zero-order chi connectivity index (χ0) is 26.5. The molecule has 1 amide bonds. The summed E-state index contributed by atoms with van der Waals surface area (Å²) in [5, 5.41) is 17.4. The van der Waals surface area contributed by atoms with Gasteiger partial charge in [-0.1, -0.05) is 38.0 Å². The van der Waals surface area contributed by atoms with Gasteiger partial charge in [0.05, 0.1) is 6.10 Å². The molecule has 3 N–H and O–H groups in total. The number of fused-ring (bicyclic) bond motifs is 3. The summed E-state index contributed by atoms with van der Waals surface area (Å²) < 4.78 is 0. The fraction of sp³-hybridized carbons (Fsp3) is 0.750. The average Bonchev–Trinajstić information content (AvgIpc) is 2.88. The second-order valence-corrected chi connectivity index (χ2v) is 12.9. The molecule has 206 valence electrons. The number of hydrogen-bond acceptors (Lipinski definition) is 4. The molecular weight excluding hydrogens is 458 g/mol. The van der Waals surface area contributed by atoms with Gasteiger partial charge in [0.2, 0.25) is 5.91 Å². The third kappa shape index (κ3) is 6.47. The van der Waals surface area contributed by atoms with Gasteiger partial charge in [0, 0.05) is 24.9 Å². The molecule has 0 saturated heterocycles. The van der Waals surface area contributed by atoms with Crippen molar-refractivity contribution in [1.29, 1.82) is 0 Å². The molecule has 4 rings (SSSR count). The van der Waals surface area contributed by atoms with E-state index in [1.54, 1.807) is 11.1 Å². The Hall–Kier alpha value is -1.72. The average molecular weight is 510 g/mol. The minimum atomic E-state index is -0.173. The summed E-state index contributed by atoms with van der Waals surface area (Å²) >= 11 is 0. The maximum atomic E-state index is 12.7. The van der Waals surface area contributed by atoms with E-state index in [0.29, 0.717) is 29.6 Å². The highest BCUT2D eigenvalue weighted by molar-refractivity contribution is 5.76. The van der Waals surface area contributed by atoms with Crippen molar-refractivity contribution < 1.29 is 9.90 Å². The van der Waals surface area contributed by atoms with Crippen LogP contribution < -0.4 is 10.6 Å². The highest BCUT2D eigenvalue weighted by Gasteiger charge is 2.58. The molecular formula is C32H51N3O2. The van der Waals surface area contributed by atoms with E-state index in [-0.39, 0.29) is 17.4 Å². The first-order valence-corrected chi connectivity index (χ1v) is 15.0. The van der Waals surface area contributed by atoms with Crippen molar-refractivity contribution in [3.05, 3.63) is 41.2 Å². The molecule has 1 aromatic rings. The van der Waals surface area contributed by atoms with E-state index in [2.05, 4.69) is 49.4 Å². The van der Waals surface area contributed by atoms with E-state index in [1.807, 2.05) is 18.3 Å². The number of aliphatic hydroxyl groups is 1. The Morgan fingerprint density at radius 1 is 1.05 bits per heavy atom. The first kappa shape index (κ1) is 28.3. The third-order valence-corrected chi connectivity index (χ3v) is 10.4. The van der Waals surface area contributed by atoms with Gasteiger partial charge in [-0.3, -0.25) is 9.78 Å². The molecule has 0 aliphatic heterocycles. The van der Waals surface area contributed by atoms with Crippen molar-refractivity contribution in [3.8, 4) is 0 Å². The Labute approximate surface area is 225 Å². The lowest BCUT2D eigenvalue weighted by atomic mass is 9.43. The quantitative estimate of drug-likeness (QED) is 0.259. The van der Waals surface area contributed by atoms with Crippen LogP contribution in [-0.4, -0.2) is 41.7 Å². The summed E-state index contributed by atoms with van der Waals surface area (Å²) in [5.74, 6) is 2.11. The molecule has 1 aromatic heterocycles. The number of carbonyl (C=O) groups is 1. The maximum Gasteiger partial charge on any atom is 0.220 e. The van der Waals surface area contributed by atoms with Crippen LogP contribution in [0.3, 0.4) is 0 Å². The van der Waals surface area contributed by atoms with Gasteiger partial charge in [0.15, 0.2) is 0 Å². The lowest BCUT2D eigenvalue weighted by Gasteiger charge is -2.62. The highest BCUT2D eigenvalue weighted by Crippen LogP contribution is 2.64. The first-order valence-electron chi connectivity index (χ1n) is 15.0. The molecule has 3 aliphatic carbocycles. The number of hydrogen-bond donors (Lipinski definition) is 3. The van der Waals surface area contributed by atoms with Crippen molar-refractivity contribution in [2.75, 3.05) is 19.6 Å². The van der Waals surface area contributed by atoms with Crippen LogP contribution in [0.4, 0.5) is 0 Å². The summed E-state index contributed by atoms with van der Waals surface area (Å²) in [4.78, 5) is 17.0. The van der Waals surface area contributed by atoms with E-state index in [1.165, 1.54) is 25.7 Å². The Bertz CT molecular complexity index is 927. The minimum Gasteiger partial charge on any atom is -0.393 e. The van der Waals surface area contributed by atoms with Gasteiger partial charge < -0.3 is 15.7 Å². The van der Waals surface area contributed by atoms with Gasteiger partial charge in [-0.25, -0.2) is 0 Å². The molecule has 0 bridgehead atoms. The predicted octanol–water partition coefficient (Wildman–Crippen LogP) is 5.83. The molecule has 5 heteroatoms. The topological polar surface area (TPSA) is 74.2 Å². The molecule has 0 unspecified atom stereocenters. The number of rotatable bonds is 11. The molecule has 2 saturated carbocycles. The maximum absolute atomic E-state index is 12.7. The van der Waals surface area contributed by atoms with Crippen LogP contribution in [0.5, 0.6) is 0 Å². The normalized spacial score (nSPS) is 30.9. The van der Waals surface area contributed by atoms with E-state index >= 15 is 0 Å². The van der Waals surface area contributed by atoms with Crippen molar-refractivity contribution in [3.63, 3.8) is 0 Å². The zero-order valence-corrected chi connectivity index (χ0v) is 23.8. The van der Waals surface area contributed by atoms with Crippen molar-refractivity contribution >= 4 is 5.91 Å². The Morgan fingerprint density at radius 2 is 1.86 bits per heavy atom. The summed E-state index contributed by atoms with van der Waals surface area (Å²) in [6.07, 6.45) is 13.2. The molecule has 2 fully saturated rings. The Morgan fingerprint density at radius 3 is 2.65 bits per heavy atom. The fourth-order valence-corrected chi connectivity index (χ4v) is 8.27. The zero-order valence-electron chi connectivity index (χ0n) is 23.8. The van der Waals surface area contributed by atoms with E-state index in [0.717, 1.165) is 63.9 Å². The number of nitrogens with zero attached hydrogens (tertiary/aromatic N) is 1. The molecule has 3 aliphatic rings. The molecule has 37 heavy (non-hydrogen) atoms. The van der Waals surface area contributed by atoms with Gasteiger partial charge in [0.25, 0.3) is 0 Å². The number of carbonyl (C=O) groups excluding carboxylic acids is 1. The lowest BCUT2D eigenvalue weighted by molar-refractivity contribution is -0.149. The van der Waals surface area contributed by atoms with E-state index in [4.69, 9.17) is 0 Å². The third-order valence-electron chi connectivity index (χ3n) is 10.4. The van der Waals surface area contributed by atoms with Gasteiger partial charge in [-0.15, -0.1) is 0 Å². The molecule has 0 aromatic carbocycles. The number of pyridine rings is 1. The molecule has 5 nitrogen and oxygen atoms in total. The van der Waals surface area contributed by atoms with Crippen LogP contribution in [0.2, 0.25) is 0 Å². The van der Waals surface area contributed by atoms with E-state index in [9.17, 15) is 9.90 Å². The largest absolute Gasteiger partial charge is 0.393 e. The summed E-state index contributed by atoms with van der Waals surface area (Å²) in [5.41, 5.74) is 4.59. The van der Waals surface area contributed by atoms with Crippen molar-refractivity contribution in [2.24, 2.45) is 28.6 Å². The SMILES string of the molecule is CC1=C(CCC(=O)NCCCNCCCc2ccccn2)[C@@H]2CC[C@H]3C(C)(C)[C@@H](O)CC[C@]3(C)[C@H]2CC1. The second kappa shape index (κ2) is 12.4. The molecule has 5 atom stereocenters. The number of aryl methyl sites for hydroxylation is 1. The summed E-state index contributed by atoms with van der Waals surface area (Å²) in [6, 6.07) is 6.07. The number of amides is 1. The van der Waals surface area contributed by atoms with Gasteiger partial charge in [-0.05, 0) is 125 Å². The smallest absolute Gasteiger partial charge is 0.220 e.